The van der Waals surface area contributed by atoms with Crippen LogP contribution in [0.25, 0.3) is 0 Å². The van der Waals surface area contributed by atoms with Gasteiger partial charge in [-0.1, -0.05) is 6.07 Å². The molecule has 0 radical (unpaired) electrons. The number of hydrogen-bond acceptors (Lipinski definition) is 5. The van der Waals surface area contributed by atoms with Gasteiger partial charge in [0.1, 0.15) is 17.8 Å². The third-order valence-corrected chi connectivity index (χ3v) is 4.05. The van der Waals surface area contributed by atoms with Crippen molar-refractivity contribution in [2.75, 3.05) is 26.2 Å². The lowest BCUT2D eigenvalue weighted by molar-refractivity contribution is 0.0535. The third kappa shape index (κ3) is 4.12. The topological polar surface area (TPSA) is 100 Å². The number of nitrogens with two attached hydrogens (primary N) is 1. The summed E-state index contributed by atoms with van der Waals surface area (Å²) < 4.78 is 5.19. The molecule has 1 aromatic heterocycles. The van der Waals surface area contributed by atoms with Crippen LogP contribution in [0.1, 0.15) is 26.5 Å². The Morgan fingerprint density at radius 3 is 2.16 bits per heavy atom. The van der Waals surface area contributed by atoms with Crippen LogP contribution in [-0.2, 0) is 6.54 Å². The smallest absolute Gasteiger partial charge is 0.257 e. The quantitative estimate of drug-likeness (QED) is 0.857. The highest BCUT2D eigenvalue weighted by atomic mass is 35.5. The molecular weight excluding hydrogens is 346 g/mol. The highest BCUT2D eigenvalue weighted by Crippen LogP contribution is 2.16. The number of aromatic hydroxyl groups is 1. The zero-order valence-corrected chi connectivity index (χ0v) is 14.4. The van der Waals surface area contributed by atoms with Gasteiger partial charge < -0.3 is 25.1 Å². The highest BCUT2D eigenvalue weighted by Gasteiger charge is 2.26. The summed E-state index contributed by atoms with van der Waals surface area (Å²) in [5.41, 5.74) is 6.40. The fourth-order valence-corrected chi connectivity index (χ4v) is 2.72. The third-order valence-electron chi connectivity index (χ3n) is 4.05. The molecule has 3 N–H and O–H groups in total. The van der Waals surface area contributed by atoms with Gasteiger partial charge in [-0.25, -0.2) is 0 Å². The van der Waals surface area contributed by atoms with Gasteiger partial charge in [-0.3, -0.25) is 9.59 Å². The average Bonchev–Trinajstić information content (AvgIpc) is 3.10. The van der Waals surface area contributed by atoms with Crippen LogP contribution >= 0.6 is 12.4 Å². The zero-order valence-electron chi connectivity index (χ0n) is 13.6. The number of amides is 2. The predicted octanol–water partition coefficient (Wildman–Crippen LogP) is 1.46. The van der Waals surface area contributed by atoms with Crippen LogP contribution < -0.4 is 5.73 Å². The summed E-state index contributed by atoms with van der Waals surface area (Å²) in [5, 5.41) is 9.48. The first-order valence-corrected chi connectivity index (χ1v) is 7.73. The first kappa shape index (κ1) is 18.8. The lowest BCUT2D eigenvalue weighted by Gasteiger charge is -2.34. The van der Waals surface area contributed by atoms with Crippen LogP contribution in [0.2, 0.25) is 0 Å². The molecule has 0 aliphatic carbocycles. The molecule has 0 spiro atoms. The standard InChI is InChI=1S/C17H19N3O4.ClH/c18-10-15-9-13(11-24-15)17(23)20-6-4-19(5-7-20)16(22)12-2-1-3-14(21)8-12;/h1-3,8-9,11,21H,4-7,10,18H2;1H. The molecule has 1 aromatic carbocycles. The van der Waals surface area contributed by atoms with E-state index in [0.29, 0.717) is 43.1 Å². The summed E-state index contributed by atoms with van der Waals surface area (Å²) in [6, 6.07) is 7.91. The van der Waals surface area contributed by atoms with E-state index in [1.807, 2.05) is 0 Å². The van der Waals surface area contributed by atoms with Crippen molar-refractivity contribution < 1.29 is 19.1 Å². The molecule has 1 aliphatic rings. The van der Waals surface area contributed by atoms with E-state index < -0.39 is 0 Å². The van der Waals surface area contributed by atoms with Gasteiger partial charge in [0.05, 0.1) is 12.1 Å². The molecule has 8 heteroatoms. The molecule has 2 aromatic rings. The molecule has 0 bridgehead atoms. The van der Waals surface area contributed by atoms with Gasteiger partial charge in [0.25, 0.3) is 11.8 Å². The number of phenolic OH excluding ortho intramolecular Hbond substituents is 1. The molecule has 0 unspecified atom stereocenters. The first-order valence-electron chi connectivity index (χ1n) is 7.73. The Bertz CT molecular complexity index is 754. The fraction of sp³-hybridized carbons (Fsp3) is 0.294. The largest absolute Gasteiger partial charge is 0.508 e. The average molecular weight is 366 g/mol. The van der Waals surface area contributed by atoms with Gasteiger partial charge in [0, 0.05) is 31.7 Å². The number of benzene rings is 1. The molecule has 2 heterocycles. The lowest BCUT2D eigenvalue weighted by atomic mass is 10.1. The normalized spacial score (nSPS) is 14.1. The molecule has 7 nitrogen and oxygen atoms in total. The fourth-order valence-electron chi connectivity index (χ4n) is 2.72. The first-order chi connectivity index (χ1) is 11.6. The lowest BCUT2D eigenvalue weighted by Crippen LogP contribution is -2.50. The number of nitrogens with zero attached hydrogens (tertiary/aromatic N) is 2. The molecule has 134 valence electrons. The van der Waals surface area contributed by atoms with Gasteiger partial charge in [0.2, 0.25) is 0 Å². The summed E-state index contributed by atoms with van der Waals surface area (Å²) >= 11 is 0. The van der Waals surface area contributed by atoms with Gasteiger partial charge in [-0.2, -0.15) is 0 Å². The van der Waals surface area contributed by atoms with Crippen molar-refractivity contribution in [1.82, 2.24) is 9.80 Å². The van der Waals surface area contributed by atoms with E-state index in [1.54, 1.807) is 28.0 Å². The van der Waals surface area contributed by atoms with Crippen LogP contribution in [-0.4, -0.2) is 52.9 Å². The second-order valence-corrected chi connectivity index (χ2v) is 5.64. The molecule has 2 amide bonds. The SMILES string of the molecule is Cl.NCc1cc(C(=O)N2CCN(C(=O)c3cccc(O)c3)CC2)co1. The zero-order chi connectivity index (χ0) is 17.1. The Hall–Kier alpha value is -2.51. The Balaban J connectivity index is 0.00000225. The Kier molecular flexibility index (Phi) is 6.06. The van der Waals surface area contributed by atoms with E-state index in [-0.39, 0.29) is 36.5 Å². The minimum atomic E-state index is -0.147. The van der Waals surface area contributed by atoms with Crippen molar-refractivity contribution in [2.45, 2.75) is 6.54 Å². The summed E-state index contributed by atoms with van der Waals surface area (Å²) in [6.07, 6.45) is 1.41. The molecule has 0 saturated carbocycles. The number of carbonyl (C=O) groups is 2. The van der Waals surface area contributed by atoms with Crippen LogP contribution in [0.15, 0.2) is 41.0 Å². The van der Waals surface area contributed by atoms with Crippen LogP contribution in [0, 0.1) is 0 Å². The summed E-state index contributed by atoms with van der Waals surface area (Å²) in [6.45, 7) is 2.04. The number of halogens is 1. The number of hydrogen-bond donors (Lipinski definition) is 2. The molecule has 3 rings (SSSR count). The van der Waals surface area contributed by atoms with Crippen molar-refractivity contribution in [3.05, 3.63) is 53.5 Å². The van der Waals surface area contributed by atoms with Gasteiger partial charge in [-0.15, -0.1) is 12.4 Å². The van der Waals surface area contributed by atoms with E-state index in [1.165, 1.54) is 18.4 Å². The minimum Gasteiger partial charge on any atom is -0.508 e. The van der Waals surface area contributed by atoms with E-state index >= 15 is 0 Å². The maximum atomic E-state index is 12.4. The molecular formula is C17H20ClN3O4. The maximum Gasteiger partial charge on any atom is 0.257 e. The highest BCUT2D eigenvalue weighted by molar-refractivity contribution is 5.96. The number of phenols is 1. The molecule has 1 aliphatic heterocycles. The van der Waals surface area contributed by atoms with E-state index in [2.05, 4.69) is 0 Å². The number of piperazine rings is 1. The van der Waals surface area contributed by atoms with Gasteiger partial charge in [0.15, 0.2) is 0 Å². The predicted molar refractivity (Wildman–Crippen MR) is 93.8 cm³/mol. The van der Waals surface area contributed by atoms with E-state index in [4.69, 9.17) is 10.2 Å². The number of furan rings is 1. The molecule has 25 heavy (non-hydrogen) atoms. The van der Waals surface area contributed by atoms with Crippen molar-refractivity contribution in [3.63, 3.8) is 0 Å². The maximum absolute atomic E-state index is 12.4. The van der Waals surface area contributed by atoms with Gasteiger partial charge >= 0.3 is 0 Å². The summed E-state index contributed by atoms with van der Waals surface area (Å²) in [5.74, 6) is 0.357. The van der Waals surface area contributed by atoms with Crippen molar-refractivity contribution in [3.8, 4) is 5.75 Å². The monoisotopic (exact) mass is 365 g/mol. The molecule has 0 atom stereocenters. The number of carbonyl (C=O) groups excluding carboxylic acids is 2. The Morgan fingerprint density at radius 2 is 1.64 bits per heavy atom. The van der Waals surface area contributed by atoms with Crippen molar-refractivity contribution in [1.29, 1.82) is 0 Å². The summed E-state index contributed by atoms with van der Waals surface area (Å²) in [4.78, 5) is 28.2. The van der Waals surface area contributed by atoms with Crippen LogP contribution in [0.5, 0.6) is 5.75 Å². The molecule has 1 fully saturated rings. The second-order valence-electron chi connectivity index (χ2n) is 5.64. The van der Waals surface area contributed by atoms with Crippen LogP contribution in [0.4, 0.5) is 0 Å². The number of rotatable bonds is 3. The van der Waals surface area contributed by atoms with Gasteiger partial charge in [-0.05, 0) is 24.3 Å². The van der Waals surface area contributed by atoms with Crippen molar-refractivity contribution in [2.24, 2.45) is 5.73 Å². The van der Waals surface area contributed by atoms with E-state index in [0.717, 1.165) is 0 Å². The Morgan fingerprint density at radius 1 is 1.04 bits per heavy atom. The Labute approximate surface area is 151 Å². The minimum absolute atomic E-state index is 0. The molecule has 1 saturated heterocycles. The van der Waals surface area contributed by atoms with Crippen LogP contribution in [0.3, 0.4) is 0 Å². The van der Waals surface area contributed by atoms with Crippen molar-refractivity contribution >= 4 is 24.2 Å². The van der Waals surface area contributed by atoms with E-state index in [9.17, 15) is 14.7 Å². The summed E-state index contributed by atoms with van der Waals surface area (Å²) in [7, 11) is 0. The second kappa shape index (κ2) is 8.04.